The van der Waals surface area contributed by atoms with Crippen LogP contribution in [0.4, 0.5) is 0 Å². The van der Waals surface area contributed by atoms with Crippen LogP contribution in [-0.4, -0.2) is 12.2 Å². The average molecular weight is 285 g/mol. The molecule has 112 valence electrons. The Balaban J connectivity index is 2.09. The average Bonchev–Trinajstić information content (AvgIpc) is 2.53. The minimum absolute atomic E-state index is 0.0837. The molecular weight excluding hydrogens is 262 g/mol. The Morgan fingerprint density at radius 3 is 2.24 bits per heavy atom. The predicted octanol–water partition coefficient (Wildman–Crippen LogP) is 3.21. The second-order valence-electron chi connectivity index (χ2n) is 5.65. The largest absolute Gasteiger partial charge is 0.496 e. The van der Waals surface area contributed by atoms with Crippen LogP contribution in [0.1, 0.15) is 30.5 Å². The van der Waals surface area contributed by atoms with Crippen LogP contribution in [-0.2, 0) is 18.7 Å². The molecule has 0 aliphatic heterocycles. The van der Waals surface area contributed by atoms with E-state index in [2.05, 4.69) is 25.2 Å². The third-order valence-electron chi connectivity index (χ3n) is 3.72. The van der Waals surface area contributed by atoms with Gasteiger partial charge in [0.1, 0.15) is 5.75 Å². The zero-order valence-electron chi connectivity index (χ0n) is 12.9. The van der Waals surface area contributed by atoms with Crippen molar-refractivity contribution in [3.63, 3.8) is 0 Å². The summed E-state index contributed by atoms with van der Waals surface area (Å²) in [6.07, 6.45) is 0. The molecule has 0 amide bonds. The van der Waals surface area contributed by atoms with Gasteiger partial charge in [-0.1, -0.05) is 42.5 Å². The highest BCUT2D eigenvalue weighted by molar-refractivity contribution is 5.38. The summed E-state index contributed by atoms with van der Waals surface area (Å²) in [7, 11) is 1.70. The molecule has 0 saturated carbocycles. The monoisotopic (exact) mass is 285 g/mol. The summed E-state index contributed by atoms with van der Waals surface area (Å²) >= 11 is 0. The SMILES string of the molecule is COc1ccccc1C(C)(C)NCc1ccc(CO)cc1. The van der Waals surface area contributed by atoms with Crippen molar-refractivity contribution in [1.82, 2.24) is 5.32 Å². The van der Waals surface area contributed by atoms with Crippen LogP contribution >= 0.6 is 0 Å². The lowest BCUT2D eigenvalue weighted by Crippen LogP contribution is -2.36. The zero-order valence-corrected chi connectivity index (χ0v) is 12.9. The first-order chi connectivity index (χ1) is 10.1. The van der Waals surface area contributed by atoms with Gasteiger partial charge in [0, 0.05) is 17.6 Å². The summed E-state index contributed by atoms with van der Waals surface area (Å²) in [4.78, 5) is 0. The maximum atomic E-state index is 9.06. The molecule has 0 aliphatic carbocycles. The Labute approximate surface area is 126 Å². The fraction of sp³-hybridized carbons (Fsp3) is 0.333. The number of para-hydroxylation sites is 1. The van der Waals surface area contributed by atoms with Crippen molar-refractivity contribution >= 4 is 0 Å². The molecule has 0 aliphatic rings. The van der Waals surface area contributed by atoms with E-state index in [0.29, 0.717) is 0 Å². The lowest BCUT2D eigenvalue weighted by atomic mass is 9.93. The summed E-state index contributed by atoms with van der Waals surface area (Å²) in [5, 5.41) is 12.6. The molecule has 0 radical (unpaired) electrons. The first-order valence-electron chi connectivity index (χ1n) is 7.14. The number of ether oxygens (including phenoxy) is 1. The highest BCUT2D eigenvalue weighted by atomic mass is 16.5. The Bertz CT molecular complexity index is 576. The molecule has 2 aromatic carbocycles. The minimum Gasteiger partial charge on any atom is -0.496 e. The van der Waals surface area contributed by atoms with Crippen LogP contribution in [0.2, 0.25) is 0 Å². The quantitative estimate of drug-likeness (QED) is 0.856. The van der Waals surface area contributed by atoms with E-state index in [9.17, 15) is 0 Å². The lowest BCUT2D eigenvalue weighted by Gasteiger charge is -2.28. The Morgan fingerprint density at radius 2 is 1.62 bits per heavy atom. The fourth-order valence-electron chi connectivity index (χ4n) is 2.34. The number of nitrogens with one attached hydrogen (secondary N) is 1. The second-order valence-corrected chi connectivity index (χ2v) is 5.65. The summed E-state index contributed by atoms with van der Waals surface area (Å²) in [6, 6.07) is 16.0. The normalized spacial score (nSPS) is 11.4. The highest BCUT2D eigenvalue weighted by Gasteiger charge is 2.23. The van der Waals surface area contributed by atoms with Crippen molar-refractivity contribution < 1.29 is 9.84 Å². The van der Waals surface area contributed by atoms with Crippen LogP contribution in [0.15, 0.2) is 48.5 Å². The third-order valence-corrected chi connectivity index (χ3v) is 3.72. The molecule has 0 spiro atoms. The molecule has 3 nitrogen and oxygen atoms in total. The van der Waals surface area contributed by atoms with Gasteiger partial charge in [-0.25, -0.2) is 0 Å². The van der Waals surface area contributed by atoms with Crippen molar-refractivity contribution in [3.8, 4) is 5.75 Å². The molecule has 0 atom stereocenters. The third kappa shape index (κ3) is 3.84. The van der Waals surface area contributed by atoms with Crippen molar-refractivity contribution in [3.05, 3.63) is 65.2 Å². The maximum Gasteiger partial charge on any atom is 0.123 e. The molecule has 0 bridgehead atoms. The maximum absolute atomic E-state index is 9.06. The van der Waals surface area contributed by atoms with Gasteiger partial charge in [-0.3, -0.25) is 0 Å². The molecule has 0 unspecified atom stereocenters. The molecule has 2 aromatic rings. The Hall–Kier alpha value is -1.84. The topological polar surface area (TPSA) is 41.5 Å². The van der Waals surface area contributed by atoms with E-state index in [1.54, 1.807) is 7.11 Å². The Kier molecular flexibility index (Phi) is 4.99. The van der Waals surface area contributed by atoms with Gasteiger partial charge in [-0.05, 0) is 31.0 Å². The molecule has 2 N–H and O–H groups in total. The molecule has 0 fully saturated rings. The van der Waals surface area contributed by atoms with Crippen molar-refractivity contribution in [2.45, 2.75) is 32.5 Å². The van der Waals surface area contributed by atoms with Crippen molar-refractivity contribution in [2.75, 3.05) is 7.11 Å². The van der Waals surface area contributed by atoms with Crippen LogP contribution in [0.5, 0.6) is 5.75 Å². The number of hydrogen-bond acceptors (Lipinski definition) is 3. The standard InChI is InChI=1S/C18H23NO2/c1-18(2,16-6-4-5-7-17(16)21-3)19-12-14-8-10-15(13-20)11-9-14/h4-11,19-20H,12-13H2,1-3H3. The number of aliphatic hydroxyl groups excluding tert-OH is 1. The fourth-order valence-corrected chi connectivity index (χ4v) is 2.34. The van der Waals surface area contributed by atoms with E-state index >= 15 is 0 Å². The number of rotatable bonds is 6. The van der Waals surface area contributed by atoms with Gasteiger partial charge in [0.25, 0.3) is 0 Å². The summed E-state index contributed by atoms with van der Waals surface area (Å²) < 4.78 is 5.45. The zero-order chi connectivity index (χ0) is 15.3. The van der Waals surface area contributed by atoms with Crippen LogP contribution < -0.4 is 10.1 Å². The summed E-state index contributed by atoms with van der Waals surface area (Å²) in [5.41, 5.74) is 3.07. The van der Waals surface area contributed by atoms with Gasteiger partial charge in [0.05, 0.1) is 13.7 Å². The van der Waals surface area contributed by atoms with E-state index in [-0.39, 0.29) is 12.1 Å². The number of benzene rings is 2. The van der Waals surface area contributed by atoms with Gasteiger partial charge >= 0.3 is 0 Å². The molecule has 0 aromatic heterocycles. The summed E-state index contributed by atoms with van der Waals surface area (Å²) in [6.45, 7) is 5.14. The molecule has 0 heterocycles. The van der Waals surface area contributed by atoms with Crippen molar-refractivity contribution in [2.24, 2.45) is 0 Å². The molecule has 2 rings (SSSR count). The molecular formula is C18H23NO2. The number of hydrogen-bond donors (Lipinski definition) is 2. The van der Waals surface area contributed by atoms with E-state index in [1.165, 1.54) is 5.56 Å². The smallest absolute Gasteiger partial charge is 0.123 e. The van der Waals surface area contributed by atoms with Crippen LogP contribution in [0, 0.1) is 0 Å². The first-order valence-corrected chi connectivity index (χ1v) is 7.14. The number of aliphatic hydroxyl groups is 1. The summed E-state index contributed by atoms with van der Waals surface area (Å²) in [5.74, 6) is 0.894. The van der Waals surface area contributed by atoms with Gasteiger partial charge < -0.3 is 15.2 Å². The number of methoxy groups -OCH3 is 1. The van der Waals surface area contributed by atoms with E-state index in [1.807, 2.05) is 42.5 Å². The van der Waals surface area contributed by atoms with E-state index in [4.69, 9.17) is 9.84 Å². The molecule has 0 saturated heterocycles. The Morgan fingerprint density at radius 1 is 1.00 bits per heavy atom. The van der Waals surface area contributed by atoms with Crippen LogP contribution in [0.25, 0.3) is 0 Å². The minimum atomic E-state index is -0.192. The second kappa shape index (κ2) is 6.74. The molecule has 21 heavy (non-hydrogen) atoms. The van der Waals surface area contributed by atoms with Gasteiger partial charge in [-0.15, -0.1) is 0 Å². The lowest BCUT2D eigenvalue weighted by molar-refractivity contribution is 0.282. The van der Waals surface area contributed by atoms with Gasteiger partial charge in [0.15, 0.2) is 0 Å². The van der Waals surface area contributed by atoms with E-state index < -0.39 is 0 Å². The van der Waals surface area contributed by atoms with Gasteiger partial charge in [0.2, 0.25) is 0 Å². The van der Waals surface area contributed by atoms with Crippen LogP contribution in [0.3, 0.4) is 0 Å². The first kappa shape index (κ1) is 15.5. The molecule has 3 heteroatoms. The highest BCUT2D eigenvalue weighted by Crippen LogP contribution is 2.29. The van der Waals surface area contributed by atoms with Crippen molar-refractivity contribution in [1.29, 1.82) is 0 Å². The predicted molar refractivity (Wildman–Crippen MR) is 85.2 cm³/mol. The van der Waals surface area contributed by atoms with Gasteiger partial charge in [-0.2, -0.15) is 0 Å². The van der Waals surface area contributed by atoms with E-state index in [0.717, 1.165) is 23.4 Å².